The van der Waals surface area contributed by atoms with Crippen LogP contribution >= 0.6 is 0 Å². The maximum atomic E-state index is 12.8. The number of aromatic nitrogens is 2. The van der Waals surface area contributed by atoms with Crippen LogP contribution in [0.25, 0.3) is 21.5 Å². The Balaban J connectivity index is 1.63. The average molecular weight is 358 g/mol. The van der Waals surface area contributed by atoms with E-state index in [1.807, 2.05) is 83.6 Å². The molecule has 0 fully saturated rings. The smallest absolute Gasteiger partial charge is 0.258 e. The summed E-state index contributed by atoms with van der Waals surface area (Å²) in [6.07, 6.45) is 0.720. The Morgan fingerprint density at radius 1 is 0.667 bits per heavy atom. The molecule has 0 bridgehead atoms. The molecule has 0 radical (unpaired) electrons. The second kappa shape index (κ2) is 6.88. The van der Waals surface area contributed by atoms with E-state index >= 15 is 0 Å². The Bertz CT molecular complexity index is 1170. The lowest BCUT2D eigenvalue weighted by molar-refractivity contribution is 0.533. The quantitative estimate of drug-likeness (QED) is 0.553. The van der Waals surface area contributed by atoms with Crippen LogP contribution in [0.2, 0.25) is 0 Å². The molecule has 0 aliphatic heterocycles. The highest BCUT2D eigenvalue weighted by Gasteiger charge is 2.08. The minimum atomic E-state index is 0.0354. The number of fused-ring (bicyclic) bond motifs is 2. The van der Waals surface area contributed by atoms with E-state index in [0.717, 1.165) is 39.4 Å². The summed E-state index contributed by atoms with van der Waals surface area (Å²) in [6, 6.07) is 19.4. The first-order chi connectivity index (χ1) is 13.1. The van der Waals surface area contributed by atoms with Crippen molar-refractivity contribution in [1.82, 2.24) is 9.13 Å². The minimum absolute atomic E-state index is 0.0354. The number of nitrogens with zero attached hydrogens (tertiary/aromatic N) is 2. The van der Waals surface area contributed by atoms with E-state index in [9.17, 15) is 9.59 Å². The van der Waals surface area contributed by atoms with Crippen LogP contribution in [0.1, 0.15) is 17.8 Å². The van der Waals surface area contributed by atoms with Crippen molar-refractivity contribution in [1.29, 1.82) is 0 Å². The number of aryl methyl sites for hydroxylation is 2. The highest BCUT2D eigenvalue weighted by Crippen LogP contribution is 2.13. The molecule has 4 nitrogen and oxygen atoms in total. The molecule has 2 aromatic heterocycles. The second-order valence-corrected chi connectivity index (χ2v) is 7.01. The summed E-state index contributed by atoms with van der Waals surface area (Å²) >= 11 is 0. The number of pyridine rings is 2. The molecular weight excluding hydrogens is 336 g/mol. The van der Waals surface area contributed by atoms with Gasteiger partial charge in [0, 0.05) is 35.2 Å². The Labute approximate surface area is 157 Å². The lowest BCUT2D eigenvalue weighted by Crippen LogP contribution is -2.26. The Hall–Kier alpha value is -3.14. The van der Waals surface area contributed by atoms with E-state index in [1.165, 1.54) is 0 Å². The molecule has 4 heteroatoms. The van der Waals surface area contributed by atoms with Crippen LogP contribution in [0.15, 0.2) is 70.3 Å². The Morgan fingerprint density at radius 3 is 1.52 bits per heavy atom. The minimum Gasteiger partial charge on any atom is -0.312 e. The van der Waals surface area contributed by atoms with Gasteiger partial charge in [-0.2, -0.15) is 0 Å². The predicted molar refractivity (Wildman–Crippen MR) is 111 cm³/mol. The molecule has 0 saturated heterocycles. The molecule has 0 saturated carbocycles. The fourth-order valence-electron chi connectivity index (χ4n) is 3.80. The molecule has 0 N–H and O–H groups in total. The third-order valence-electron chi connectivity index (χ3n) is 5.22. The van der Waals surface area contributed by atoms with Crippen molar-refractivity contribution in [3.05, 3.63) is 92.8 Å². The molecule has 4 rings (SSSR count). The van der Waals surface area contributed by atoms with Crippen LogP contribution < -0.4 is 11.1 Å². The summed E-state index contributed by atoms with van der Waals surface area (Å²) < 4.78 is 3.62. The van der Waals surface area contributed by atoms with Crippen molar-refractivity contribution in [2.24, 2.45) is 0 Å². The van der Waals surface area contributed by atoms with Gasteiger partial charge in [0.1, 0.15) is 0 Å². The number of rotatable bonds is 4. The SMILES string of the molecule is Cc1cc2ccccc2c(=O)n1CCCn1c(C)cc2ccccc2c1=O. The first kappa shape index (κ1) is 17.3. The molecule has 4 aromatic rings. The average Bonchev–Trinajstić information content (AvgIpc) is 2.66. The van der Waals surface area contributed by atoms with Crippen molar-refractivity contribution < 1.29 is 0 Å². The fourth-order valence-corrected chi connectivity index (χ4v) is 3.80. The number of hydrogen-bond donors (Lipinski definition) is 0. The summed E-state index contributed by atoms with van der Waals surface area (Å²) in [5.74, 6) is 0. The zero-order chi connectivity index (χ0) is 19.0. The molecule has 0 aliphatic carbocycles. The van der Waals surface area contributed by atoms with Gasteiger partial charge in [-0.3, -0.25) is 9.59 Å². The van der Waals surface area contributed by atoms with Crippen LogP contribution in [0.3, 0.4) is 0 Å². The summed E-state index contributed by atoms with van der Waals surface area (Å²) in [5.41, 5.74) is 1.96. The van der Waals surface area contributed by atoms with E-state index in [1.54, 1.807) is 0 Å². The van der Waals surface area contributed by atoms with Gasteiger partial charge in [-0.15, -0.1) is 0 Å². The maximum absolute atomic E-state index is 12.8. The molecule has 0 amide bonds. The van der Waals surface area contributed by atoms with Gasteiger partial charge in [-0.05, 0) is 55.3 Å². The lowest BCUT2D eigenvalue weighted by Gasteiger charge is -2.14. The van der Waals surface area contributed by atoms with Crippen molar-refractivity contribution in [3.8, 4) is 0 Å². The monoisotopic (exact) mass is 358 g/mol. The van der Waals surface area contributed by atoms with E-state index in [0.29, 0.717) is 13.1 Å². The van der Waals surface area contributed by atoms with E-state index in [-0.39, 0.29) is 11.1 Å². The third kappa shape index (κ3) is 3.08. The van der Waals surface area contributed by atoms with Gasteiger partial charge >= 0.3 is 0 Å². The normalized spacial score (nSPS) is 11.3. The Kier molecular flexibility index (Phi) is 4.40. The standard InChI is InChI=1S/C23H22N2O2/c1-16-14-18-8-3-5-10-20(18)22(26)24(16)12-7-13-25-17(2)15-19-9-4-6-11-21(19)23(25)27/h3-6,8-11,14-15H,7,12-13H2,1-2H3. The molecular formula is C23H22N2O2. The number of hydrogen-bond acceptors (Lipinski definition) is 2. The number of benzene rings is 2. The van der Waals surface area contributed by atoms with Gasteiger partial charge < -0.3 is 9.13 Å². The molecule has 0 atom stereocenters. The van der Waals surface area contributed by atoms with Gasteiger partial charge in [0.25, 0.3) is 11.1 Å². The summed E-state index contributed by atoms with van der Waals surface area (Å²) in [5, 5.41) is 3.42. The van der Waals surface area contributed by atoms with Crippen molar-refractivity contribution in [2.45, 2.75) is 33.4 Å². The largest absolute Gasteiger partial charge is 0.312 e. The van der Waals surface area contributed by atoms with E-state index in [2.05, 4.69) is 0 Å². The highest BCUT2D eigenvalue weighted by molar-refractivity contribution is 5.82. The maximum Gasteiger partial charge on any atom is 0.258 e. The highest BCUT2D eigenvalue weighted by atomic mass is 16.1. The molecule has 136 valence electrons. The van der Waals surface area contributed by atoms with Gasteiger partial charge in [-0.1, -0.05) is 36.4 Å². The van der Waals surface area contributed by atoms with E-state index < -0.39 is 0 Å². The van der Waals surface area contributed by atoms with Gasteiger partial charge in [0.15, 0.2) is 0 Å². The first-order valence-electron chi connectivity index (χ1n) is 9.24. The van der Waals surface area contributed by atoms with Crippen LogP contribution in [-0.4, -0.2) is 9.13 Å². The van der Waals surface area contributed by atoms with Gasteiger partial charge in [-0.25, -0.2) is 0 Å². The zero-order valence-corrected chi connectivity index (χ0v) is 15.6. The molecule has 2 aromatic carbocycles. The molecule has 2 heterocycles. The van der Waals surface area contributed by atoms with Crippen LogP contribution in [0.4, 0.5) is 0 Å². The second-order valence-electron chi connectivity index (χ2n) is 7.01. The topological polar surface area (TPSA) is 44.0 Å². The van der Waals surface area contributed by atoms with Gasteiger partial charge in [0.2, 0.25) is 0 Å². The van der Waals surface area contributed by atoms with Crippen LogP contribution in [0, 0.1) is 13.8 Å². The zero-order valence-electron chi connectivity index (χ0n) is 15.6. The van der Waals surface area contributed by atoms with Crippen LogP contribution in [-0.2, 0) is 13.1 Å². The predicted octanol–water partition coefficient (Wildman–Crippen LogP) is 4.02. The molecule has 0 spiro atoms. The molecule has 27 heavy (non-hydrogen) atoms. The summed E-state index contributed by atoms with van der Waals surface area (Å²) in [4.78, 5) is 25.6. The van der Waals surface area contributed by atoms with Gasteiger partial charge in [0.05, 0.1) is 0 Å². The third-order valence-corrected chi connectivity index (χ3v) is 5.22. The molecule has 0 unspecified atom stereocenters. The summed E-state index contributed by atoms with van der Waals surface area (Å²) in [7, 11) is 0. The first-order valence-corrected chi connectivity index (χ1v) is 9.24. The van der Waals surface area contributed by atoms with E-state index in [4.69, 9.17) is 0 Å². The molecule has 0 aliphatic rings. The van der Waals surface area contributed by atoms with Crippen molar-refractivity contribution in [2.75, 3.05) is 0 Å². The van der Waals surface area contributed by atoms with Crippen molar-refractivity contribution >= 4 is 21.5 Å². The Morgan fingerprint density at radius 2 is 1.07 bits per heavy atom. The fraction of sp³-hybridized carbons (Fsp3) is 0.217. The lowest BCUT2D eigenvalue weighted by atomic mass is 10.1. The van der Waals surface area contributed by atoms with Crippen LogP contribution in [0.5, 0.6) is 0 Å². The summed E-state index contributed by atoms with van der Waals surface area (Å²) in [6.45, 7) is 5.10. The van der Waals surface area contributed by atoms with Crippen molar-refractivity contribution in [3.63, 3.8) is 0 Å².